The topological polar surface area (TPSA) is 39.2 Å². The first-order valence-electron chi connectivity index (χ1n) is 9.30. The molecule has 1 heterocycles. The molecule has 2 unspecified atom stereocenters. The average Bonchev–Trinajstić information content (AvgIpc) is 2.54. The van der Waals surface area contributed by atoms with Crippen LogP contribution in [0.4, 0.5) is 0 Å². The van der Waals surface area contributed by atoms with Gasteiger partial charge < -0.3 is 4.74 Å². The SMILES string of the molecule is CCOC(=O)CC1=CC2Cc3nc4cc(C)ccc4c(C)c3C(C1)C2. The van der Waals surface area contributed by atoms with Gasteiger partial charge in [-0.1, -0.05) is 23.8 Å². The van der Waals surface area contributed by atoms with Crippen molar-refractivity contribution in [2.45, 2.75) is 52.4 Å². The monoisotopic (exact) mass is 335 g/mol. The summed E-state index contributed by atoms with van der Waals surface area (Å²) >= 11 is 0. The molecule has 2 atom stereocenters. The second kappa shape index (κ2) is 6.29. The van der Waals surface area contributed by atoms with E-state index in [4.69, 9.17) is 9.72 Å². The molecule has 0 N–H and O–H groups in total. The van der Waals surface area contributed by atoms with E-state index in [-0.39, 0.29) is 5.97 Å². The molecule has 3 nitrogen and oxygen atoms in total. The zero-order valence-corrected chi connectivity index (χ0v) is 15.3. The third kappa shape index (κ3) is 2.97. The second-order valence-electron chi connectivity index (χ2n) is 7.53. The van der Waals surface area contributed by atoms with Gasteiger partial charge in [0.2, 0.25) is 0 Å². The summed E-state index contributed by atoms with van der Waals surface area (Å²) in [6.45, 7) is 6.67. The lowest BCUT2D eigenvalue weighted by molar-refractivity contribution is -0.142. The fraction of sp³-hybridized carbons (Fsp3) is 0.455. The summed E-state index contributed by atoms with van der Waals surface area (Å²) in [5.41, 5.74) is 7.69. The van der Waals surface area contributed by atoms with Crippen molar-refractivity contribution in [3.05, 3.63) is 52.2 Å². The number of hydrogen-bond donors (Lipinski definition) is 0. The van der Waals surface area contributed by atoms with Gasteiger partial charge in [0, 0.05) is 11.1 Å². The molecular formula is C22H25NO2. The molecule has 2 aromatic rings. The first-order valence-corrected chi connectivity index (χ1v) is 9.30. The highest BCUT2D eigenvalue weighted by molar-refractivity contribution is 5.84. The van der Waals surface area contributed by atoms with Crippen molar-refractivity contribution in [1.29, 1.82) is 0 Å². The Bertz CT molecular complexity index is 881. The van der Waals surface area contributed by atoms with Crippen LogP contribution < -0.4 is 0 Å². The molecular weight excluding hydrogens is 310 g/mol. The van der Waals surface area contributed by atoms with Crippen LogP contribution in [-0.2, 0) is 16.0 Å². The summed E-state index contributed by atoms with van der Waals surface area (Å²) < 4.78 is 5.14. The van der Waals surface area contributed by atoms with Gasteiger partial charge in [0.05, 0.1) is 18.5 Å². The number of aryl methyl sites for hydroxylation is 2. The van der Waals surface area contributed by atoms with Gasteiger partial charge in [-0.25, -0.2) is 0 Å². The quantitative estimate of drug-likeness (QED) is 0.598. The Hall–Kier alpha value is -2.16. The number of allylic oxidation sites excluding steroid dienone is 1. The first kappa shape index (κ1) is 16.3. The molecule has 3 heteroatoms. The molecule has 1 aromatic carbocycles. The van der Waals surface area contributed by atoms with Crippen LogP contribution in [0.5, 0.6) is 0 Å². The number of rotatable bonds is 3. The van der Waals surface area contributed by atoms with E-state index in [1.807, 2.05) is 6.92 Å². The summed E-state index contributed by atoms with van der Waals surface area (Å²) in [7, 11) is 0. The van der Waals surface area contributed by atoms with E-state index in [2.05, 4.69) is 38.1 Å². The number of ether oxygens (including phenoxy) is 1. The van der Waals surface area contributed by atoms with Gasteiger partial charge in [0.25, 0.3) is 0 Å². The predicted molar refractivity (Wildman–Crippen MR) is 99.7 cm³/mol. The summed E-state index contributed by atoms with van der Waals surface area (Å²) in [5.74, 6) is 0.893. The van der Waals surface area contributed by atoms with Gasteiger partial charge in [-0.05, 0) is 74.6 Å². The Morgan fingerprint density at radius 2 is 2.12 bits per heavy atom. The lowest BCUT2D eigenvalue weighted by Gasteiger charge is -2.36. The Morgan fingerprint density at radius 3 is 2.92 bits per heavy atom. The summed E-state index contributed by atoms with van der Waals surface area (Å²) in [4.78, 5) is 16.9. The molecule has 130 valence electrons. The van der Waals surface area contributed by atoms with Gasteiger partial charge in [0.1, 0.15) is 0 Å². The summed E-state index contributed by atoms with van der Waals surface area (Å²) in [6, 6.07) is 6.56. The highest BCUT2D eigenvalue weighted by Crippen LogP contribution is 2.46. The Kier molecular flexibility index (Phi) is 4.10. The molecule has 0 saturated heterocycles. The molecule has 2 aliphatic carbocycles. The maximum Gasteiger partial charge on any atom is 0.309 e. The Balaban J connectivity index is 1.70. The Morgan fingerprint density at radius 1 is 1.28 bits per heavy atom. The largest absolute Gasteiger partial charge is 0.466 e. The van der Waals surface area contributed by atoms with Crippen molar-refractivity contribution in [2.75, 3.05) is 6.61 Å². The van der Waals surface area contributed by atoms with Crippen molar-refractivity contribution >= 4 is 16.9 Å². The fourth-order valence-electron chi connectivity index (χ4n) is 4.69. The number of benzene rings is 1. The van der Waals surface area contributed by atoms with Gasteiger partial charge in [-0.2, -0.15) is 0 Å². The van der Waals surface area contributed by atoms with Crippen molar-refractivity contribution < 1.29 is 9.53 Å². The number of carbonyl (C=O) groups excluding carboxylic acids is 1. The molecule has 2 aliphatic rings. The smallest absolute Gasteiger partial charge is 0.309 e. The number of pyridine rings is 1. The molecule has 0 radical (unpaired) electrons. The maximum atomic E-state index is 11.9. The number of esters is 1. The van der Waals surface area contributed by atoms with Crippen molar-refractivity contribution in [3.8, 4) is 0 Å². The lowest BCUT2D eigenvalue weighted by Crippen LogP contribution is -2.25. The molecule has 1 aromatic heterocycles. The van der Waals surface area contributed by atoms with Crippen LogP contribution in [0.15, 0.2) is 29.8 Å². The van der Waals surface area contributed by atoms with E-state index in [1.165, 1.54) is 39.8 Å². The molecule has 0 amide bonds. The number of hydrogen-bond acceptors (Lipinski definition) is 3. The summed E-state index contributed by atoms with van der Waals surface area (Å²) in [5, 5.41) is 1.27. The maximum absolute atomic E-state index is 11.9. The minimum Gasteiger partial charge on any atom is -0.466 e. The van der Waals surface area contributed by atoms with Crippen LogP contribution in [0.3, 0.4) is 0 Å². The second-order valence-corrected chi connectivity index (χ2v) is 7.53. The van der Waals surface area contributed by atoms with Crippen LogP contribution >= 0.6 is 0 Å². The third-order valence-corrected chi connectivity index (χ3v) is 5.64. The molecule has 0 aliphatic heterocycles. The van der Waals surface area contributed by atoms with Crippen LogP contribution in [0.1, 0.15) is 54.5 Å². The molecule has 25 heavy (non-hydrogen) atoms. The zero-order chi connectivity index (χ0) is 17.6. The van der Waals surface area contributed by atoms with E-state index in [9.17, 15) is 4.79 Å². The van der Waals surface area contributed by atoms with E-state index >= 15 is 0 Å². The van der Waals surface area contributed by atoms with Gasteiger partial charge in [-0.3, -0.25) is 9.78 Å². The molecule has 0 spiro atoms. The van der Waals surface area contributed by atoms with Crippen LogP contribution in [-0.4, -0.2) is 17.6 Å². The number of carbonyl (C=O) groups is 1. The van der Waals surface area contributed by atoms with E-state index in [0.29, 0.717) is 24.9 Å². The third-order valence-electron chi connectivity index (χ3n) is 5.64. The van der Waals surface area contributed by atoms with Gasteiger partial charge >= 0.3 is 5.97 Å². The summed E-state index contributed by atoms with van der Waals surface area (Å²) in [6.07, 6.45) is 5.88. The molecule has 4 rings (SSSR count). The normalized spacial score (nSPS) is 21.6. The van der Waals surface area contributed by atoms with Crippen molar-refractivity contribution in [2.24, 2.45) is 5.92 Å². The first-order chi connectivity index (χ1) is 12.0. The fourth-order valence-corrected chi connectivity index (χ4v) is 4.69. The Labute approximate surface area is 149 Å². The zero-order valence-electron chi connectivity index (χ0n) is 15.3. The standard InChI is InChI=1S/C22H25NO2/c1-4-25-21(24)12-16-8-15-9-17(10-16)22-14(3)18-6-5-13(2)7-19(18)23-20(22)11-15/h5-8,15,17H,4,9-12H2,1-3H3. The van der Waals surface area contributed by atoms with Gasteiger partial charge in [-0.15, -0.1) is 0 Å². The molecule has 2 bridgehead atoms. The van der Waals surface area contributed by atoms with E-state index < -0.39 is 0 Å². The predicted octanol–water partition coefficient (Wildman–Crippen LogP) is 4.78. The lowest BCUT2D eigenvalue weighted by atomic mass is 9.70. The van der Waals surface area contributed by atoms with Crippen molar-refractivity contribution in [3.63, 3.8) is 0 Å². The number of nitrogens with zero attached hydrogens (tertiary/aromatic N) is 1. The minimum atomic E-state index is -0.0993. The van der Waals surface area contributed by atoms with E-state index in [0.717, 1.165) is 18.4 Å². The highest BCUT2D eigenvalue weighted by Gasteiger charge is 2.33. The van der Waals surface area contributed by atoms with Gasteiger partial charge in [0.15, 0.2) is 0 Å². The molecule has 0 saturated carbocycles. The number of fused-ring (bicyclic) bond motifs is 5. The number of aromatic nitrogens is 1. The van der Waals surface area contributed by atoms with E-state index in [1.54, 1.807) is 0 Å². The minimum absolute atomic E-state index is 0.0993. The van der Waals surface area contributed by atoms with Crippen LogP contribution in [0.25, 0.3) is 10.9 Å². The average molecular weight is 335 g/mol. The van der Waals surface area contributed by atoms with Crippen LogP contribution in [0.2, 0.25) is 0 Å². The van der Waals surface area contributed by atoms with Crippen LogP contribution in [0, 0.1) is 19.8 Å². The van der Waals surface area contributed by atoms with Crippen molar-refractivity contribution in [1.82, 2.24) is 4.98 Å². The highest BCUT2D eigenvalue weighted by atomic mass is 16.5. The molecule has 0 fully saturated rings.